The Balaban J connectivity index is 1.79. The van der Waals surface area contributed by atoms with Gasteiger partial charge in [0.25, 0.3) is 0 Å². The molecule has 1 heterocycles. The molecule has 1 atom stereocenters. The number of hydrogen-bond donors (Lipinski definition) is 1. The molecule has 0 bridgehead atoms. The largest absolute Gasteiger partial charge is 0.356 e. The van der Waals surface area contributed by atoms with Crippen molar-refractivity contribution in [2.75, 3.05) is 25.5 Å². The van der Waals surface area contributed by atoms with E-state index in [9.17, 15) is 14.0 Å². The number of alkyl halides is 1. The molecule has 0 spiro atoms. The van der Waals surface area contributed by atoms with Gasteiger partial charge < -0.3 is 10.2 Å². The van der Waals surface area contributed by atoms with Crippen LogP contribution in [0, 0.1) is 11.7 Å². The highest BCUT2D eigenvalue weighted by molar-refractivity contribution is 6.17. The van der Waals surface area contributed by atoms with E-state index in [0.29, 0.717) is 31.9 Å². The molecule has 0 aromatic heterocycles. The highest BCUT2D eigenvalue weighted by Crippen LogP contribution is 2.18. The van der Waals surface area contributed by atoms with E-state index in [-0.39, 0.29) is 30.0 Å². The zero-order chi connectivity index (χ0) is 15.9. The SMILES string of the molecule is O=C(NCCCCl)[C@@H]1CC(=O)N(CCc2ccc(F)cc2)C1. The maximum atomic E-state index is 12.8. The van der Waals surface area contributed by atoms with Gasteiger partial charge in [0, 0.05) is 31.9 Å². The molecule has 1 aliphatic heterocycles. The summed E-state index contributed by atoms with van der Waals surface area (Å²) in [5.74, 6) is -0.124. The molecular formula is C16H20ClFN2O2. The van der Waals surface area contributed by atoms with Crippen molar-refractivity contribution in [3.63, 3.8) is 0 Å². The van der Waals surface area contributed by atoms with Crippen LogP contribution in [0.3, 0.4) is 0 Å². The molecule has 1 N–H and O–H groups in total. The molecule has 1 aromatic rings. The van der Waals surface area contributed by atoms with E-state index in [1.54, 1.807) is 17.0 Å². The van der Waals surface area contributed by atoms with E-state index in [0.717, 1.165) is 12.0 Å². The van der Waals surface area contributed by atoms with Crippen LogP contribution in [0.4, 0.5) is 4.39 Å². The van der Waals surface area contributed by atoms with Gasteiger partial charge >= 0.3 is 0 Å². The van der Waals surface area contributed by atoms with Crippen LogP contribution < -0.4 is 5.32 Å². The van der Waals surface area contributed by atoms with E-state index in [4.69, 9.17) is 11.6 Å². The second kappa shape index (κ2) is 8.13. The van der Waals surface area contributed by atoms with Gasteiger partial charge in [-0.15, -0.1) is 11.6 Å². The molecule has 0 saturated carbocycles. The quantitative estimate of drug-likeness (QED) is 0.615. The number of nitrogens with zero attached hydrogens (tertiary/aromatic N) is 1. The molecule has 0 radical (unpaired) electrons. The number of rotatable bonds is 7. The second-order valence-electron chi connectivity index (χ2n) is 5.45. The van der Waals surface area contributed by atoms with E-state index in [2.05, 4.69) is 5.32 Å². The normalized spacial score (nSPS) is 17.8. The van der Waals surface area contributed by atoms with Crippen LogP contribution >= 0.6 is 11.6 Å². The number of benzene rings is 1. The van der Waals surface area contributed by atoms with Crippen molar-refractivity contribution in [2.45, 2.75) is 19.3 Å². The number of amides is 2. The lowest BCUT2D eigenvalue weighted by Gasteiger charge is -2.16. The summed E-state index contributed by atoms with van der Waals surface area (Å²) in [5, 5.41) is 2.80. The molecule has 1 aromatic carbocycles. The highest BCUT2D eigenvalue weighted by Gasteiger charge is 2.33. The lowest BCUT2D eigenvalue weighted by atomic mass is 10.1. The topological polar surface area (TPSA) is 49.4 Å². The van der Waals surface area contributed by atoms with Crippen molar-refractivity contribution in [3.8, 4) is 0 Å². The van der Waals surface area contributed by atoms with Crippen LogP contribution in [0.15, 0.2) is 24.3 Å². The summed E-state index contributed by atoms with van der Waals surface area (Å²) in [7, 11) is 0. The summed E-state index contributed by atoms with van der Waals surface area (Å²) >= 11 is 5.56. The maximum Gasteiger partial charge on any atom is 0.225 e. The first kappa shape index (κ1) is 16.7. The number of hydrogen-bond acceptors (Lipinski definition) is 2. The molecule has 2 amide bonds. The average Bonchev–Trinajstić information content (AvgIpc) is 2.88. The second-order valence-corrected chi connectivity index (χ2v) is 5.83. The number of nitrogens with one attached hydrogen (secondary N) is 1. The van der Waals surface area contributed by atoms with Crippen molar-refractivity contribution >= 4 is 23.4 Å². The lowest BCUT2D eigenvalue weighted by Crippen LogP contribution is -2.34. The first-order valence-corrected chi connectivity index (χ1v) is 7.99. The van der Waals surface area contributed by atoms with Crippen LogP contribution in [-0.2, 0) is 16.0 Å². The minimum absolute atomic E-state index is 0.000366. The summed E-state index contributed by atoms with van der Waals surface area (Å²) in [4.78, 5) is 25.6. The zero-order valence-corrected chi connectivity index (χ0v) is 13.1. The summed E-state index contributed by atoms with van der Waals surface area (Å²) in [6.45, 7) is 1.55. The van der Waals surface area contributed by atoms with Gasteiger partial charge in [-0.25, -0.2) is 4.39 Å². The summed E-state index contributed by atoms with van der Waals surface area (Å²) < 4.78 is 12.8. The fraction of sp³-hybridized carbons (Fsp3) is 0.500. The number of carbonyl (C=O) groups excluding carboxylic acids is 2. The molecule has 0 unspecified atom stereocenters. The Morgan fingerprint density at radius 2 is 2.09 bits per heavy atom. The van der Waals surface area contributed by atoms with Gasteiger partial charge in [-0.05, 0) is 30.5 Å². The smallest absolute Gasteiger partial charge is 0.225 e. The van der Waals surface area contributed by atoms with E-state index in [1.807, 2.05) is 0 Å². The summed E-state index contributed by atoms with van der Waals surface area (Å²) in [6, 6.07) is 6.25. The summed E-state index contributed by atoms with van der Waals surface area (Å²) in [6.07, 6.45) is 1.64. The Kier molecular flexibility index (Phi) is 6.19. The fourth-order valence-corrected chi connectivity index (χ4v) is 2.64. The standard InChI is InChI=1S/C16H20ClFN2O2/c17-7-1-8-19-16(22)13-10-15(21)20(11-13)9-6-12-2-4-14(18)5-3-12/h2-5,13H,1,6-11H2,(H,19,22)/t13-/m1/s1. The Bertz CT molecular complexity index is 521. The fourth-order valence-electron chi connectivity index (χ4n) is 2.50. The van der Waals surface area contributed by atoms with E-state index in [1.165, 1.54) is 12.1 Å². The molecule has 1 fully saturated rings. The van der Waals surface area contributed by atoms with Crippen molar-refractivity contribution in [1.82, 2.24) is 10.2 Å². The zero-order valence-electron chi connectivity index (χ0n) is 12.4. The van der Waals surface area contributed by atoms with E-state index < -0.39 is 0 Å². The number of likely N-dealkylation sites (tertiary alicyclic amines) is 1. The maximum absolute atomic E-state index is 12.8. The van der Waals surface area contributed by atoms with Gasteiger partial charge in [0.2, 0.25) is 11.8 Å². The first-order chi connectivity index (χ1) is 10.6. The van der Waals surface area contributed by atoms with Gasteiger partial charge in [-0.3, -0.25) is 9.59 Å². The van der Waals surface area contributed by atoms with Crippen molar-refractivity contribution in [2.24, 2.45) is 5.92 Å². The molecule has 2 rings (SSSR count). The van der Waals surface area contributed by atoms with Crippen LogP contribution in [0.2, 0.25) is 0 Å². The molecule has 6 heteroatoms. The molecule has 22 heavy (non-hydrogen) atoms. The molecule has 4 nitrogen and oxygen atoms in total. The Labute approximate surface area is 134 Å². The average molecular weight is 327 g/mol. The minimum Gasteiger partial charge on any atom is -0.356 e. The highest BCUT2D eigenvalue weighted by atomic mass is 35.5. The third kappa shape index (κ3) is 4.70. The minimum atomic E-state index is -0.281. The molecule has 120 valence electrons. The van der Waals surface area contributed by atoms with Crippen molar-refractivity contribution in [1.29, 1.82) is 0 Å². The molecule has 1 aliphatic rings. The Morgan fingerprint density at radius 1 is 1.36 bits per heavy atom. The summed E-state index contributed by atoms with van der Waals surface area (Å²) in [5.41, 5.74) is 0.976. The Morgan fingerprint density at radius 3 is 2.77 bits per heavy atom. The number of carbonyl (C=O) groups is 2. The lowest BCUT2D eigenvalue weighted by molar-refractivity contribution is -0.129. The predicted molar refractivity (Wildman–Crippen MR) is 83.1 cm³/mol. The molecular weight excluding hydrogens is 307 g/mol. The first-order valence-electron chi connectivity index (χ1n) is 7.46. The number of halogens is 2. The van der Waals surface area contributed by atoms with Crippen molar-refractivity contribution < 1.29 is 14.0 Å². The van der Waals surface area contributed by atoms with Crippen LogP contribution in [-0.4, -0.2) is 42.2 Å². The van der Waals surface area contributed by atoms with Gasteiger partial charge in [-0.2, -0.15) is 0 Å². The predicted octanol–water partition coefficient (Wildman–Crippen LogP) is 1.96. The monoisotopic (exact) mass is 326 g/mol. The van der Waals surface area contributed by atoms with Gasteiger partial charge in [-0.1, -0.05) is 12.1 Å². The van der Waals surface area contributed by atoms with Gasteiger partial charge in [0.05, 0.1) is 5.92 Å². The van der Waals surface area contributed by atoms with Crippen molar-refractivity contribution in [3.05, 3.63) is 35.6 Å². The van der Waals surface area contributed by atoms with Crippen LogP contribution in [0.5, 0.6) is 0 Å². The Hall–Kier alpha value is -1.62. The van der Waals surface area contributed by atoms with Crippen LogP contribution in [0.25, 0.3) is 0 Å². The molecule has 0 aliphatic carbocycles. The van der Waals surface area contributed by atoms with Gasteiger partial charge in [0.15, 0.2) is 0 Å². The van der Waals surface area contributed by atoms with Gasteiger partial charge in [0.1, 0.15) is 5.82 Å². The van der Waals surface area contributed by atoms with Crippen LogP contribution in [0.1, 0.15) is 18.4 Å². The third-order valence-corrected chi connectivity index (χ3v) is 4.05. The molecule has 1 saturated heterocycles. The van der Waals surface area contributed by atoms with E-state index >= 15 is 0 Å². The third-order valence-electron chi connectivity index (χ3n) is 3.78.